The fourth-order valence-corrected chi connectivity index (χ4v) is 5.08. The van der Waals surface area contributed by atoms with Crippen molar-refractivity contribution < 1.29 is 22.0 Å². The molecule has 0 radical (unpaired) electrons. The summed E-state index contributed by atoms with van der Waals surface area (Å²) in [6.45, 7) is 1.22. The molecule has 138 valence electrons. The van der Waals surface area contributed by atoms with E-state index >= 15 is 0 Å². The van der Waals surface area contributed by atoms with E-state index in [9.17, 15) is 22.0 Å². The van der Waals surface area contributed by atoms with Gasteiger partial charge in [0.2, 0.25) is 0 Å². The lowest BCUT2D eigenvalue weighted by atomic mass is 10.1. The molecule has 0 spiro atoms. The van der Waals surface area contributed by atoms with Crippen molar-refractivity contribution in [3.8, 4) is 0 Å². The molecule has 0 aromatic heterocycles. The Morgan fingerprint density at radius 1 is 1.12 bits per heavy atom. The molecular formula is C17H15BrF2N2O3S. The lowest BCUT2D eigenvalue weighted by Crippen LogP contribution is -2.29. The summed E-state index contributed by atoms with van der Waals surface area (Å²) in [5.41, 5.74) is 0.219. The van der Waals surface area contributed by atoms with Gasteiger partial charge in [-0.1, -0.05) is 12.1 Å². The van der Waals surface area contributed by atoms with Crippen LogP contribution in [0, 0.1) is 11.6 Å². The Bertz CT molecular complexity index is 937. The summed E-state index contributed by atoms with van der Waals surface area (Å²) in [5.74, 6) is -2.43. The maximum Gasteiger partial charge on any atom is 0.265 e. The highest BCUT2D eigenvalue weighted by molar-refractivity contribution is 9.10. The number of amides is 1. The van der Waals surface area contributed by atoms with Gasteiger partial charge in [-0.15, -0.1) is 0 Å². The average Bonchev–Trinajstić information content (AvgIpc) is 3.07. The Kier molecular flexibility index (Phi) is 5.29. The number of anilines is 1. The molecule has 1 aliphatic rings. The summed E-state index contributed by atoms with van der Waals surface area (Å²) in [4.78, 5) is 13.5. The second-order valence-electron chi connectivity index (χ2n) is 5.85. The minimum atomic E-state index is -4.38. The van der Waals surface area contributed by atoms with E-state index in [1.54, 1.807) is 17.0 Å². The van der Waals surface area contributed by atoms with E-state index in [-0.39, 0.29) is 21.6 Å². The molecule has 0 unspecified atom stereocenters. The van der Waals surface area contributed by atoms with Crippen LogP contribution in [-0.4, -0.2) is 32.3 Å². The Labute approximate surface area is 158 Å². The van der Waals surface area contributed by atoms with Crippen LogP contribution in [-0.2, 0) is 10.0 Å². The zero-order valence-corrected chi connectivity index (χ0v) is 15.9. The first-order chi connectivity index (χ1) is 12.3. The second-order valence-corrected chi connectivity index (χ2v) is 8.32. The zero-order chi connectivity index (χ0) is 18.9. The molecule has 0 bridgehead atoms. The molecule has 1 amide bonds. The van der Waals surface area contributed by atoms with Crippen LogP contribution in [0.4, 0.5) is 14.5 Å². The Hall–Kier alpha value is -2.00. The molecular weight excluding hydrogens is 430 g/mol. The van der Waals surface area contributed by atoms with Gasteiger partial charge in [-0.05, 0) is 47.0 Å². The fourth-order valence-electron chi connectivity index (χ4n) is 2.83. The molecule has 2 aromatic carbocycles. The zero-order valence-electron chi connectivity index (χ0n) is 13.5. The number of rotatable bonds is 4. The maximum absolute atomic E-state index is 14.1. The molecule has 3 rings (SSSR count). The minimum absolute atomic E-state index is 0.0417. The van der Waals surface area contributed by atoms with Crippen LogP contribution in [0.5, 0.6) is 0 Å². The molecule has 1 fully saturated rings. The molecule has 1 N–H and O–H groups in total. The molecule has 26 heavy (non-hydrogen) atoms. The third kappa shape index (κ3) is 3.73. The van der Waals surface area contributed by atoms with E-state index in [0.29, 0.717) is 19.2 Å². The molecule has 9 heteroatoms. The van der Waals surface area contributed by atoms with Gasteiger partial charge in [0.25, 0.3) is 15.9 Å². The molecule has 1 saturated heterocycles. The van der Waals surface area contributed by atoms with Gasteiger partial charge in [0, 0.05) is 23.6 Å². The van der Waals surface area contributed by atoms with Crippen LogP contribution in [0.15, 0.2) is 45.8 Å². The predicted molar refractivity (Wildman–Crippen MR) is 96.4 cm³/mol. The number of carbonyl (C=O) groups excluding carboxylic acids is 1. The van der Waals surface area contributed by atoms with Crippen molar-refractivity contribution in [2.75, 3.05) is 17.8 Å². The number of benzene rings is 2. The number of nitrogens with zero attached hydrogens (tertiary/aromatic N) is 1. The number of halogens is 3. The third-order valence-electron chi connectivity index (χ3n) is 4.03. The number of hydrogen-bond donors (Lipinski definition) is 1. The number of hydrogen-bond acceptors (Lipinski definition) is 3. The molecule has 0 atom stereocenters. The first kappa shape index (κ1) is 18.8. The van der Waals surface area contributed by atoms with Crippen LogP contribution in [0.3, 0.4) is 0 Å². The summed E-state index contributed by atoms with van der Waals surface area (Å²) < 4.78 is 54.5. The predicted octanol–water partition coefficient (Wildman–Crippen LogP) is 3.76. The standard InChI is InChI=1S/C17H15BrF2N2O3S/c18-13-9-11(19)10-14(20)16(13)26(24,25)21-15-6-2-1-5-12(15)17(23)22-7-3-4-8-22/h1-2,5-6,9-10,21H,3-4,7-8H2. The summed E-state index contributed by atoms with van der Waals surface area (Å²) in [5, 5.41) is 0. The number of para-hydroxylation sites is 1. The highest BCUT2D eigenvalue weighted by atomic mass is 79.9. The van der Waals surface area contributed by atoms with E-state index in [2.05, 4.69) is 20.7 Å². The van der Waals surface area contributed by atoms with Crippen molar-refractivity contribution in [2.24, 2.45) is 0 Å². The third-order valence-corrected chi connectivity index (χ3v) is 6.36. The van der Waals surface area contributed by atoms with Crippen LogP contribution >= 0.6 is 15.9 Å². The van der Waals surface area contributed by atoms with Crippen molar-refractivity contribution in [3.63, 3.8) is 0 Å². The van der Waals surface area contributed by atoms with Crippen LogP contribution in [0.25, 0.3) is 0 Å². The average molecular weight is 445 g/mol. The van der Waals surface area contributed by atoms with Crippen molar-refractivity contribution in [3.05, 3.63) is 58.1 Å². The number of likely N-dealkylation sites (tertiary alicyclic amines) is 1. The van der Waals surface area contributed by atoms with E-state index in [4.69, 9.17) is 0 Å². The molecule has 0 saturated carbocycles. The lowest BCUT2D eigenvalue weighted by molar-refractivity contribution is 0.0794. The maximum atomic E-state index is 14.1. The molecule has 5 nitrogen and oxygen atoms in total. The lowest BCUT2D eigenvalue weighted by Gasteiger charge is -2.18. The van der Waals surface area contributed by atoms with Gasteiger partial charge in [0.1, 0.15) is 16.5 Å². The highest BCUT2D eigenvalue weighted by Gasteiger charge is 2.27. The quantitative estimate of drug-likeness (QED) is 0.780. The molecule has 0 aliphatic carbocycles. The number of nitrogens with one attached hydrogen (secondary N) is 1. The smallest absolute Gasteiger partial charge is 0.265 e. The molecule has 2 aromatic rings. The summed E-state index contributed by atoms with van der Waals surface area (Å²) in [6.07, 6.45) is 1.79. The van der Waals surface area contributed by atoms with Gasteiger partial charge in [-0.25, -0.2) is 17.2 Å². The monoisotopic (exact) mass is 444 g/mol. The Morgan fingerprint density at radius 2 is 1.77 bits per heavy atom. The summed E-state index contributed by atoms with van der Waals surface area (Å²) in [7, 11) is -4.38. The van der Waals surface area contributed by atoms with E-state index in [0.717, 1.165) is 18.9 Å². The first-order valence-electron chi connectivity index (χ1n) is 7.85. The SMILES string of the molecule is O=C(c1ccccc1NS(=O)(=O)c1c(F)cc(F)cc1Br)N1CCCC1. The van der Waals surface area contributed by atoms with Gasteiger partial charge in [0.15, 0.2) is 0 Å². The first-order valence-corrected chi connectivity index (χ1v) is 10.1. The van der Waals surface area contributed by atoms with Crippen molar-refractivity contribution in [2.45, 2.75) is 17.7 Å². The number of carbonyl (C=O) groups is 1. The molecule has 1 aliphatic heterocycles. The summed E-state index contributed by atoms with van der Waals surface area (Å²) in [6, 6.07) is 7.47. The number of sulfonamides is 1. The van der Waals surface area contributed by atoms with E-state index < -0.39 is 26.6 Å². The fraction of sp³-hybridized carbons (Fsp3) is 0.235. The minimum Gasteiger partial charge on any atom is -0.339 e. The Morgan fingerprint density at radius 3 is 2.42 bits per heavy atom. The van der Waals surface area contributed by atoms with Gasteiger partial charge >= 0.3 is 0 Å². The van der Waals surface area contributed by atoms with E-state index in [1.165, 1.54) is 12.1 Å². The van der Waals surface area contributed by atoms with Crippen molar-refractivity contribution >= 4 is 37.5 Å². The van der Waals surface area contributed by atoms with Crippen LogP contribution < -0.4 is 4.72 Å². The summed E-state index contributed by atoms with van der Waals surface area (Å²) >= 11 is 2.87. The van der Waals surface area contributed by atoms with Gasteiger partial charge < -0.3 is 4.90 Å². The van der Waals surface area contributed by atoms with Crippen molar-refractivity contribution in [1.29, 1.82) is 0 Å². The Balaban J connectivity index is 1.98. The largest absolute Gasteiger partial charge is 0.339 e. The topological polar surface area (TPSA) is 66.5 Å². The van der Waals surface area contributed by atoms with E-state index in [1.807, 2.05) is 0 Å². The normalized spacial score (nSPS) is 14.5. The van der Waals surface area contributed by atoms with Crippen molar-refractivity contribution in [1.82, 2.24) is 4.90 Å². The second kappa shape index (κ2) is 7.32. The van der Waals surface area contributed by atoms with Gasteiger partial charge in [0.05, 0.1) is 11.3 Å². The van der Waals surface area contributed by atoms with Gasteiger partial charge in [-0.3, -0.25) is 9.52 Å². The molecule has 1 heterocycles. The van der Waals surface area contributed by atoms with Crippen LogP contribution in [0.1, 0.15) is 23.2 Å². The van der Waals surface area contributed by atoms with Gasteiger partial charge in [-0.2, -0.15) is 0 Å². The van der Waals surface area contributed by atoms with Crippen LogP contribution in [0.2, 0.25) is 0 Å². The highest BCUT2D eigenvalue weighted by Crippen LogP contribution is 2.29.